The van der Waals surface area contributed by atoms with Crippen molar-refractivity contribution in [3.8, 4) is 5.82 Å². The lowest BCUT2D eigenvalue weighted by Gasteiger charge is -2.37. The smallest absolute Gasteiger partial charge is 0.296 e. The molecule has 0 radical (unpaired) electrons. The minimum Gasteiger partial charge on any atom is -0.378 e. The van der Waals surface area contributed by atoms with Crippen LogP contribution < -0.4 is 15.5 Å². The molecular weight excluding hydrogens is 494 g/mol. The lowest BCUT2D eigenvalue weighted by Crippen LogP contribution is -2.49. The number of benzene rings is 1. The van der Waals surface area contributed by atoms with Gasteiger partial charge < -0.3 is 20.3 Å². The van der Waals surface area contributed by atoms with Gasteiger partial charge in [-0.15, -0.1) is 0 Å². The van der Waals surface area contributed by atoms with Gasteiger partial charge >= 0.3 is 0 Å². The number of anilines is 2. The number of para-hydroxylation sites is 2. The summed E-state index contributed by atoms with van der Waals surface area (Å²) in [5.41, 5.74) is 1.58. The van der Waals surface area contributed by atoms with Crippen LogP contribution in [-0.2, 0) is 4.74 Å². The average molecular weight is 521 g/mol. The third-order valence-electron chi connectivity index (χ3n) is 6.77. The Labute approximate surface area is 217 Å². The molecule has 4 aromatic rings. The lowest BCUT2D eigenvalue weighted by molar-refractivity contribution is 0.0912. The number of ether oxygens (including phenoxy) is 1. The van der Waals surface area contributed by atoms with Gasteiger partial charge in [0, 0.05) is 49.2 Å². The number of alkyl halides is 2. The largest absolute Gasteiger partial charge is 0.378 e. The van der Waals surface area contributed by atoms with E-state index in [9.17, 15) is 13.6 Å². The molecule has 1 amide bonds. The number of pyridine rings is 1. The van der Waals surface area contributed by atoms with Gasteiger partial charge in [-0.25, -0.2) is 13.8 Å². The molecule has 2 N–H and O–H groups in total. The summed E-state index contributed by atoms with van der Waals surface area (Å²) in [5, 5.41) is 6.44. The number of imidazole rings is 1. The predicted molar refractivity (Wildman–Crippen MR) is 137 cm³/mol. The fourth-order valence-corrected chi connectivity index (χ4v) is 4.78. The van der Waals surface area contributed by atoms with Crippen LogP contribution in [0.15, 0.2) is 54.9 Å². The summed E-state index contributed by atoms with van der Waals surface area (Å²) in [6.07, 6.45) is 1.80. The Bertz CT molecular complexity index is 1440. The molecule has 10 nitrogen and oxygen atoms in total. The standard InChI is InChI=1S/C26H26F2N8O2/c27-23(28)24-32-19-3-1-2-4-20(19)36(24)22-15-21(33-26(34-22)35-9-11-38-12-10-35)30-17-13-18(14-17)31-25(37)16-5-7-29-8-6-16/h1-8,15,17-18,23H,9-14H2,(H,31,37)(H,30,33,34)/t17-,18-. The zero-order valence-corrected chi connectivity index (χ0v) is 20.4. The van der Waals surface area contributed by atoms with Gasteiger partial charge in [0.15, 0.2) is 5.82 Å². The second kappa shape index (κ2) is 10.3. The highest BCUT2D eigenvalue weighted by atomic mass is 19.3. The molecule has 3 aromatic heterocycles. The summed E-state index contributed by atoms with van der Waals surface area (Å²) in [7, 11) is 0. The number of nitrogens with zero attached hydrogens (tertiary/aromatic N) is 6. The van der Waals surface area contributed by atoms with Crippen molar-refractivity contribution in [3.05, 3.63) is 66.2 Å². The van der Waals surface area contributed by atoms with Crippen molar-refractivity contribution in [2.24, 2.45) is 0 Å². The quantitative estimate of drug-likeness (QED) is 0.382. The first-order chi connectivity index (χ1) is 18.5. The van der Waals surface area contributed by atoms with Crippen LogP contribution in [0, 0.1) is 0 Å². The Morgan fingerprint density at radius 3 is 2.53 bits per heavy atom. The lowest BCUT2D eigenvalue weighted by atomic mass is 9.86. The van der Waals surface area contributed by atoms with Crippen molar-refractivity contribution in [1.29, 1.82) is 0 Å². The molecule has 12 heteroatoms. The minimum absolute atomic E-state index is 0.0243. The molecule has 4 heterocycles. The van der Waals surface area contributed by atoms with Crippen molar-refractivity contribution < 1.29 is 18.3 Å². The normalized spacial score (nSPS) is 19.4. The Balaban J connectivity index is 1.26. The molecule has 38 heavy (non-hydrogen) atoms. The summed E-state index contributed by atoms with van der Waals surface area (Å²) in [5.74, 6) is 0.772. The maximum absolute atomic E-state index is 14.0. The van der Waals surface area contributed by atoms with Crippen LogP contribution in [0.5, 0.6) is 0 Å². The molecule has 1 aromatic carbocycles. The monoisotopic (exact) mass is 520 g/mol. The number of aromatic nitrogens is 5. The summed E-state index contributed by atoms with van der Waals surface area (Å²) >= 11 is 0. The molecule has 1 saturated carbocycles. The molecule has 1 aliphatic carbocycles. The average Bonchev–Trinajstić information content (AvgIpc) is 3.33. The van der Waals surface area contributed by atoms with Crippen LogP contribution in [0.2, 0.25) is 0 Å². The van der Waals surface area contributed by atoms with Crippen LogP contribution in [-0.4, -0.2) is 68.8 Å². The summed E-state index contributed by atoms with van der Waals surface area (Å²) in [6, 6.07) is 12.1. The van der Waals surface area contributed by atoms with E-state index in [0.29, 0.717) is 73.3 Å². The molecule has 1 aliphatic heterocycles. The molecule has 0 atom stereocenters. The van der Waals surface area contributed by atoms with Gasteiger partial charge in [0.1, 0.15) is 11.6 Å². The van der Waals surface area contributed by atoms with Crippen LogP contribution in [0.25, 0.3) is 16.9 Å². The zero-order valence-electron chi connectivity index (χ0n) is 20.4. The molecule has 0 spiro atoms. The SMILES string of the molecule is O=C(N[C@H]1C[C@H](Nc2cc(-n3c(C(F)F)nc4ccccc43)nc(N3CCOCC3)n2)C1)c1ccncc1. The Kier molecular flexibility index (Phi) is 6.54. The molecule has 6 rings (SSSR count). The van der Waals surface area contributed by atoms with E-state index in [0.717, 1.165) is 0 Å². The number of hydrogen-bond acceptors (Lipinski definition) is 8. The number of morpholine rings is 1. The first-order valence-corrected chi connectivity index (χ1v) is 12.5. The first-order valence-electron chi connectivity index (χ1n) is 12.5. The number of hydrogen-bond donors (Lipinski definition) is 2. The second-order valence-electron chi connectivity index (χ2n) is 9.32. The summed E-state index contributed by atoms with van der Waals surface area (Å²) in [4.78, 5) is 31.9. The Morgan fingerprint density at radius 2 is 1.76 bits per heavy atom. The van der Waals surface area contributed by atoms with E-state index in [1.165, 1.54) is 4.57 Å². The number of amides is 1. The molecule has 2 aliphatic rings. The van der Waals surface area contributed by atoms with E-state index in [-0.39, 0.29) is 23.8 Å². The molecule has 196 valence electrons. The predicted octanol–water partition coefficient (Wildman–Crippen LogP) is 3.36. The van der Waals surface area contributed by atoms with Crippen LogP contribution in [0.1, 0.15) is 35.4 Å². The first kappa shape index (κ1) is 24.2. The van der Waals surface area contributed by atoms with Gasteiger partial charge in [0.2, 0.25) is 5.95 Å². The maximum Gasteiger partial charge on any atom is 0.296 e. The highest BCUT2D eigenvalue weighted by molar-refractivity contribution is 5.94. The maximum atomic E-state index is 14.0. The highest BCUT2D eigenvalue weighted by Crippen LogP contribution is 2.30. The van der Waals surface area contributed by atoms with Crippen LogP contribution in [0.4, 0.5) is 20.5 Å². The number of halogens is 2. The topological polar surface area (TPSA) is 110 Å². The van der Waals surface area contributed by atoms with E-state index < -0.39 is 6.43 Å². The number of nitrogens with one attached hydrogen (secondary N) is 2. The fraction of sp³-hybridized carbons (Fsp3) is 0.346. The van der Waals surface area contributed by atoms with Gasteiger partial charge in [-0.05, 0) is 37.1 Å². The number of fused-ring (bicyclic) bond motifs is 1. The van der Waals surface area contributed by atoms with Crippen LogP contribution >= 0.6 is 0 Å². The highest BCUT2D eigenvalue weighted by Gasteiger charge is 2.31. The molecule has 2 fully saturated rings. The number of carbonyl (C=O) groups excluding carboxylic acids is 1. The third-order valence-corrected chi connectivity index (χ3v) is 6.77. The van der Waals surface area contributed by atoms with E-state index in [2.05, 4.69) is 25.6 Å². The minimum atomic E-state index is -2.78. The van der Waals surface area contributed by atoms with Crippen molar-refractivity contribution in [2.45, 2.75) is 31.4 Å². The number of rotatable bonds is 7. The zero-order chi connectivity index (χ0) is 26.1. The van der Waals surface area contributed by atoms with E-state index in [1.807, 2.05) is 4.90 Å². The van der Waals surface area contributed by atoms with Crippen molar-refractivity contribution in [3.63, 3.8) is 0 Å². The Hall–Kier alpha value is -4.19. The Morgan fingerprint density at radius 1 is 1.00 bits per heavy atom. The fourth-order valence-electron chi connectivity index (χ4n) is 4.78. The third kappa shape index (κ3) is 4.86. The van der Waals surface area contributed by atoms with Crippen molar-refractivity contribution in [2.75, 3.05) is 36.5 Å². The molecule has 0 unspecified atom stereocenters. The summed E-state index contributed by atoms with van der Waals surface area (Å²) < 4.78 is 34.9. The van der Waals surface area contributed by atoms with E-state index in [1.54, 1.807) is 54.9 Å². The molecule has 1 saturated heterocycles. The molecular formula is C26H26F2N8O2. The van der Waals surface area contributed by atoms with Gasteiger partial charge in [-0.2, -0.15) is 9.97 Å². The van der Waals surface area contributed by atoms with Gasteiger partial charge in [0.25, 0.3) is 12.3 Å². The number of carbonyl (C=O) groups is 1. The summed E-state index contributed by atoms with van der Waals surface area (Å²) in [6.45, 7) is 2.27. The van der Waals surface area contributed by atoms with E-state index in [4.69, 9.17) is 9.72 Å². The molecule has 0 bridgehead atoms. The van der Waals surface area contributed by atoms with Crippen molar-refractivity contribution in [1.82, 2.24) is 29.8 Å². The van der Waals surface area contributed by atoms with Gasteiger partial charge in [0.05, 0.1) is 24.2 Å². The second-order valence-corrected chi connectivity index (χ2v) is 9.32. The van der Waals surface area contributed by atoms with Gasteiger partial charge in [-0.3, -0.25) is 14.3 Å². The van der Waals surface area contributed by atoms with Crippen LogP contribution in [0.3, 0.4) is 0 Å². The van der Waals surface area contributed by atoms with E-state index >= 15 is 0 Å². The van der Waals surface area contributed by atoms with Gasteiger partial charge in [-0.1, -0.05) is 12.1 Å². The van der Waals surface area contributed by atoms with Crippen molar-refractivity contribution >= 4 is 28.7 Å².